The lowest BCUT2D eigenvalue weighted by molar-refractivity contribution is 1.55. The van der Waals surface area contributed by atoms with Crippen molar-refractivity contribution in [2.75, 3.05) is 0 Å². The van der Waals surface area contributed by atoms with Crippen molar-refractivity contribution >= 4 is 22.6 Å². The van der Waals surface area contributed by atoms with Gasteiger partial charge in [-0.3, -0.25) is 0 Å². The van der Waals surface area contributed by atoms with E-state index in [9.17, 15) is 0 Å². The average Bonchev–Trinajstić information content (AvgIpc) is 2.85. The molecule has 0 aliphatic rings. The molecule has 0 aliphatic carbocycles. The summed E-state index contributed by atoms with van der Waals surface area (Å²) in [6, 6.07) is 45.5. The third kappa shape index (κ3) is 4.47. The molecule has 0 aromatic heterocycles. The van der Waals surface area contributed by atoms with E-state index in [1.54, 1.807) is 0 Å². The molecule has 0 atom stereocenters. The van der Waals surface area contributed by atoms with E-state index in [1.807, 2.05) is 0 Å². The minimum atomic E-state index is 1.24. The minimum Gasteiger partial charge on any atom is -0.0622 e. The maximum absolute atomic E-state index is 2.43. The highest BCUT2D eigenvalue weighted by atomic mass is 127. The monoisotopic (exact) mass is 508 g/mol. The summed E-state index contributed by atoms with van der Waals surface area (Å²) in [5.41, 5.74) is 9.92. The molecule has 1 heteroatoms. The highest BCUT2D eigenvalue weighted by Gasteiger charge is 2.07. The first-order chi connectivity index (χ1) is 15.3. The summed E-state index contributed by atoms with van der Waals surface area (Å²) in [6.07, 6.45) is 0. The number of hydrogen-bond acceptors (Lipinski definition) is 0. The van der Waals surface area contributed by atoms with E-state index < -0.39 is 0 Å². The molecule has 0 amide bonds. The fraction of sp³-hybridized carbons (Fsp3) is 0. The summed E-state index contributed by atoms with van der Waals surface area (Å²) in [6.45, 7) is 0. The molecule has 0 unspecified atom stereocenters. The molecular formula is C30H21I. The van der Waals surface area contributed by atoms with Crippen LogP contribution in [0.5, 0.6) is 0 Å². The lowest BCUT2D eigenvalue weighted by Gasteiger charge is -2.11. The van der Waals surface area contributed by atoms with Crippen molar-refractivity contribution < 1.29 is 0 Å². The van der Waals surface area contributed by atoms with E-state index in [4.69, 9.17) is 0 Å². The maximum Gasteiger partial charge on any atom is 0.0142 e. The molecule has 0 N–H and O–H groups in total. The van der Waals surface area contributed by atoms with Crippen LogP contribution in [0.3, 0.4) is 0 Å². The molecular weight excluding hydrogens is 487 g/mol. The second kappa shape index (κ2) is 8.91. The van der Waals surface area contributed by atoms with Gasteiger partial charge in [-0.15, -0.1) is 0 Å². The summed E-state index contributed by atoms with van der Waals surface area (Å²) in [5, 5.41) is 0. The normalized spacial score (nSPS) is 10.7. The SMILES string of the molecule is Ic1cc(-c2cccc(-c3ccccc3)c2)cc(-c2cccc(-c3ccccc3)c2)c1. The van der Waals surface area contributed by atoms with Gasteiger partial charge in [0.15, 0.2) is 0 Å². The van der Waals surface area contributed by atoms with Crippen LogP contribution in [0, 0.1) is 3.57 Å². The molecule has 0 spiro atoms. The van der Waals surface area contributed by atoms with Crippen molar-refractivity contribution in [3.63, 3.8) is 0 Å². The lowest BCUT2D eigenvalue weighted by atomic mass is 9.95. The maximum atomic E-state index is 2.43. The quantitative estimate of drug-likeness (QED) is 0.213. The predicted molar refractivity (Wildman–Crippen MR) is 141 cm³/mol. The van der Waals surface area contributed by atoms with Crippen molar-refractivity contribution in [2.45, 2.75) is 0 Å². The molecule has 5 aromatic carbocycles. The highest BCUT2D eigenvalue weighted by Crippen LogP contribution is 2.33. The van der Waals surface area contributed by atoms with Gasteiger partial charge in [-0.2, -0.15) is 0 Å². The van der Waals surface area contributed by atoms with Crippen molar-refractivity contribution in [3.05, 3.63) is 131 Å². The lowest BCUT2D eigenvalue weighted by Crippen LogP contribution is -1.86. The molecule has 0 heterocycles. The summed E-state index contributed by atoms with van der Waals surface area (Å²) < 4.78 is 1.24. The van der Waals surface area contributed by atoms with Crippen LogP contribution in [-0.2, 0) is 0 Å². The molecule has 5 rings (SSSR count). The Kier molecular flexibility index (Phi) is 5.68. The van der Waals surface area contributed by atoms with E-state index in [0.29, 0.717) is 0 Å². The zero-order valence-corrected chi connectivity index (χ0v) is 19.2. The molecule has 0 fully saturated rings. The number of rotatable bonds is 4. The van der Waals surface area contributed by atoms with Gasteiger partial charge in [0, 0.05) is 3.57 Å². The molecule has 0 bridgehead atoms. The smallest absolute Gasteiger partial charge is 0.0142 e. The van der Waals surface area contributed by atoms with Gasteiger partial charge in [0.05, 0.1) is 0 Å². The summed E-state index contributed by atoms with van der Waals surface area (Å²) in [4.78, 5) is 0. The molecule has 5 aromatic rings. The zero-order valence-electron chi connectivity index (χ0n) is 17.0. The predicted octanol–water partition coefficient (Wildman–Crippen LogP) is 8.96. The number of hydrogen-bond donors (Lipinski definition) is 0. The first-order valence-corrected chi connectivity index (χ1v) is 11.5. The number of halogens is 1. The molecule has 0 saturated carbocycles. The Balaban J connectivity index is 1.56. The van der Waals surface area contributed by atoms with E-state index >= 15 is 0 Å². The van der Waals surface area contributed by atoms with Crippen molar-refractivity contribution in [2.24, 2.45) is 0 Å². The van der Waals surface area contributed by atoms with Crippen LogP contribution in [0.25, 0.3) is 44.5 Å². The van der Waals surface area contributed by atoms with Gasteiger partial charge in [-0.1, -0.05) is 97.1 Å². The van der Waals surface area contributed by atoms with Gasteiger partial charge < -0.3 is 0 Å². The molecule has 0 radical (unpaired) electrons. The third-order valence-electron chi connectivity index (χ3n) is 5.50. The molecule has 0 nitrogen and oxygen atoms in total. The van der Waals surface area contributed by atoms with Gasteiger partial charge in [0.25, 0.3) is 0 Å². The minimum absolute atomic E-state index is 1.24. The second-order valence-electron chi connectivity index (χ2n) is 7.62. The van der Waals surface area contributed by atoms with Crippen molar-refractivity contribution in [3.8, 4) is 44.5 Å². The van der Waals surface area contributed by atoms with Gasteiger partial charge in [-0.05, 0) is 97.4 Å². The molecule has 148 valence electrons. The van der Waals surface area contributed by atoms with Crippen LogP contribution in [0.2, 0.25) is 0 Å². The Morgan fingerprint density at radius 3 is 1.03 bits per heavy atom. The van der Waals surface area contributed by atoms with E-state index in [0.717, 1.165) is 0 Å². The topological polar surface area (TPSA) is 0 Å². The fourth-order valence-electron chi connectivity index (χ4n) is 3.94. The standard InChI is InChI=1S/C30H21I/c31-30-20-28(26-15-7-13-24(17-26)22-9-3-1-4-10-22)19-29(21-30)27-16-8-14-25(18-27)23-11-5-2-6-12-23/h1-21H. The second-order valence-corrected chi connectivity index (χ2v) is 8.87. The van der Waals surface area contributed by atoms with Crippen LogP contribution >= 0.6 is 22.6 Å². The van der Waals surface area contributed by atoms with Crippen LogP contribution in [-0.4, -0.2) is 0 Å². The molecule has 0 aliphatic heterocycles. The zero-order chi connectivity index (χ0) is 21.0. The Morgan fingerprint density at radius 1 is 0.290 bits per heavy atom. The Bertz CT molecular complexity index is 1220. The van der Waals surface area contributed by atoms with Gasteiger partial charge in [-0.25, -0.2) is 0 Å². The first-order valence-electron chi connectivity index (χ1n) is 10.4. The largest absolute Gasteiger partial charge is 0.0622 e. The van der Waals surface area contributed by atoms with E-state index in [2.05, 4.69) is 150 Å². The van der Waals surface area contributed by atoms with Gasteiger partial charge in [0.1, 0.15) is 0 Å². The average molecular weight is 508 g/mol. The van der Waals surface area contributed by atoms with Gasteiger partial charge >= 0.3 is 0 Å². The summed E-state index contributed by atoms with van der Waals surface area (Å²) in [5.74, 6) is 0. The van der Waals surface area contributed by atoms with E-state index in [-0.39, 0.29) is 0 Å². The van der Waals surface area contributed by atoms with Crippen LogP contribution in [0.1, 0.15) is 0 Å². The van der Waals surface area contributed by atoms with Crippen LogP contribution < -0.4 is 0 Å². The fourth-order valence-corrected chi connectivity index (χ4v) is 4.61. The van der Waals surface area contributed by atoms with Crippen molar-refractivity contribution in [1.82, 2.24) is 0 Å². The highest BCUT2D eigenvalue weighted by molar-refractivity contribution is 14.1. The third-order valence-corrected chi connectivity index (χ3v) is 6.13. The Hall–Kier alpha value is -3.17. The Morgan fingerprint density at radius 2 is 0.613 bits per heavy atom. The van der Waals surface area contributed by atoms with Crippen LogP contribution in [0.15, 0.2) is 127 Å². The molecule has 31 heavy (non-hydrogen) atoms. The summed E-state index contributed by atoms with van der Waals surface area (Å²) in [7, 11) is 0. The van der Waals surface area contributed by atoms with Crippen LogP contribution in [0.4, 0.5) is 0 Å². The number of benzene rings is 5. The Labute approximate surface area is 197 Å². The van der Waals surface area contributed by atoms with E-state index in [1.165, 1.54) is 48.1 Å². The molecule has 0 saturated heterocycles. The first kappa shape index (κ1) is 19.8. The van der Waals surface area contributed by atoms with Crippen molar-refractivity contribution in [1.29, 1.82) is 0 Å². The summed E-state index contributed by atoms with van der Waals surface area (Å²) >= 11 is 2.43. The van der Waals surface area contributed by atoms with Gasteiger partial charge in [0.2, 0.25) is 0 Å².